The zero-order valence-electron chi connectivity index (χ0n) is 14.7. The Labute approximate surface area is 160 Å². The van der Waals surface area contributed by atoms with Crippen molar-refractivity contribution in [3.63, 3.8) is 0 Å². The van der Waals surface area contributed by atoms with Crippen LogP contribution in [0.2, 0.25) is 5.02 Å². The maximum absolute atomic E-state index is 12.1. The van der Waals surface area contributed by atoms with Crippen molar-refractivity contribution in [2.75, 3.05) is 0 Å². The SMILES string of the molecule is Cc1ncc(COc2cc3[nH]c(CNC(=O)C4(C)CC4)cc3cc2Cl)s1. The Balaban J connectivity index is 1.46. The normalized spacial score (nSPS) is 15.2. The standard InChI is InChI=1S/C19H20ClN3O2S/c1-11-21-9-14(26-11)10-25-17-7-16-12(6-15(17)20)5-13(23-16)8-22-18(24)19(2)3-4-19/h5-7,9,23H,3-4,8,10H2,1-2H3,(H,22,24). The highest BCUT2D eigenvalue weighted by Crippen LogP contribution is 2.45. The van der Waals surface area contributed by atoms with E-state index in [9.17, 15) is 4.79 Å². The van der Waals surface area contributed by atoms with E-state index in [4.69, 9.17) is 16.3 Å². The predicted molar refractivity (Wildman–Crippen MR) is 104 cm³/mol. The summed E-state index contributed by atoms with van der Waals surface area (Å²) in [6.07, 6.45) is 3.77. The molecule has 1 fully saturated rings. The van der Waals surface area contributed by atoms with Crippen LogP contribution in [0.3, 0.4) is 0 Å². The first-order chi connectivity index (χ1) is 12.4. The second-order valence-electron chi connectivity index (χ2n) is 7.04. The van der Waals surface area contributed by atoms with E-state index in [1.54, 1.807) is 11.3 Å². The van der Waals surface area contributed by atoms with Crippen molar-refractivity contribution in [3.05, 3.63) is 45.0 Å². The van der Waals surface area contributed by atoms with Crippen LogP contribution in [-0.4, -0.2) is 15.9 Å². The Morgan fingerprint density at radius 3 is 2.92 bits per heavy atom. The van der Waals surface area contributed by atoms with Crippen LogP contribution in [0.5, 0.6) is 5.75 Å². The molecular weight excluding hydrogens is 370 g/mol. The van der Waals surface area contributed by atoms with Gasteiger partial charge in [0.25, 0.3) is 0 Å². The van der Waals surface area contributed by atoms with Crippen molar-refractivity contribution in [2.45, 2.75) is 39.8 Å². The van der Waals surface area contributed by atoms with Crippen LogP contribution in [0.4, 0.5) is 0 Å². The lowest BCUT2D eigenvalue weighted by atomic mass is 10.1. The van der Waals surface area contributed by atoms with Crippen LogP contribution in [0.1, 0.15) is 35.3 Å². The summed E-state index contributed by atoms with van der Waals surface area (Å²) in [7, 11) is 0. The maximum atomic E-state index is 12.1. The summed E-state index contributed by atoms with van der Waals surface area (Å²) in [5.41, 5.74) is 1.72. The number of nitrogens with one attached hydrogen (secondary N) is 2. The number of aryl methyl sites for hydroxylation is 1. The molecule has 0 spiro atoms. The van der Waals surface area contributed by atoms with Gasteiger partial charge in [-0.05, 0) is 31.9 Å². The van der Waals surface area contributed by atoms with Crippen LogP contribution < -0.4 is 10.1 Å². The molecule has 136 valence electrons. The molecule has 1 amide bonds. The van der Waals surface area contributed by atoms with Crippen molar-refractivity contribution in [3.8, 4) is 5.75 Å². The van der Waals surface area contributed by atoms with Gasteiger partial charge in [0, 0.05) is 34.3 Å². The molecule has 2 aromatic heterocycles. The molecule has 1 aliphatic carbocycles. The minimum absolute atomic E-state index is 0.123. The van der Waals surface area contributed by atoms with Crippen molar-refractivity contribution in [1.82, 2.24) is 15.3 Å². The average molecular weight is 390 g/mol. The highest BCUT2D eigenvalue weighted by atomic mass is 35.5. The largest absolute Gasteiger partial charge is 0.486 e. The zero-order valence-corrected chi connectivity index (χ0v) is 16.3. The number of hydrogen-bond acceptors (Lipinski definition) is 4. The summed E-state index contributed by atoms with van der Waals surface area (Å²) in [6.45, 7) is 4.90. The van der Waals surface area contributed by atoms with Gasteiger partial charge in [0.15, 0.2) is 0 Å². The molecule has 1 aromatic carbocycles. The zero-order chi connectivity index (χ0) is 18.3. The van der Waals surface area contributed by atoms with Crippen LogP contribution in [0.15, 0.2) is 24.4 Å². The number of halogens is 1. The molecule has 26 heavy (non-hydrogen) atoms. The Kier molecular flexibility index (Phi) is 4.40. The van der Waals surface area contributed by atoms with Crippen molar-refractivity contribution in [1.29, 1.82) is 0 Å². The molecule has 5 nitrogen and oxygen atoms in total. The smallest absolute Gasteiger partial charge is 0.226 e. The summed E-state index contributed by atoms with van der Waals surface area (Å²) < 4.78 is 5.85. The fourth-order valence-electron chi connectivity index (χ4n) is 2.82. The van der Waals surface area contributed by atoms with Gasteiger partial charge in [-0.25, -0.2) is 4.98 Å². The fourth-order valence-corrected chi connectivity index (χ4v) is 3.76. The van der Waals surface area contributed by atoms with Crippen LogP contribution >= 0.6 is 22.9 Å². The molecular formula is C19H20ClN3O2S. The Morgan fingerprint density at radius 1 is 1.42 bits per heavy atom. The number of thiazole rings is 1. The maximum Gasteiger partial charge on any atom is 0.226 e. The molecule has 0 atom stereocenters. The van der Waals surface area contributed by atoms with Gasteiger partial charge in [-0.15, -0.1) is 11.3 Å². The molecule has 0 unspecified atom stereocenters. The van der Waals surface area contributed by atoms with Gasteiger partial charge in [-0.3, -0.25) is 4.79 Å². The van der Waals surface area contributed by atoms with Gasteiger partial charge in [0.05, 0.1) is 21.5 Å². The first kappa shape index (κ1) is 17.4. The van der Waals surface area contributed by atoms with E-state index >= 15 is 0 Å². The molecule has 1 aliphatic rings. The van der Waals surface area contributed by atoms with E-state index in [1.165, 1.54) is 0 Å². The number of fused-ring (bicyclic) bond motifs is 1. The number of nitrogens with zero attached hydrogens (tertiary/aromatic N) is 1. The number of aromatic nitrogens is 2. The van der Waals surface area contributed by atoms with E-state index in [-0.39, 0.29) is 11.3 Å². The number of ether oxygens (including phenoxy) is 1. The number of amides is 1. The fraction of sp³-hybridized carbons (Fsp3) is 0.368. The van der Waals surface area contributed by atoms with Crippen LogP contribution in [0.25, 0.3) is 10.9 Å². The minimum Gasteiger partial charge on any atom is -0.486 e. The van der Waals surface area contributed by atoms with E-state index in [0.29, 0.717) is 23.9 Å². The number of H-pyrrole nitrogens is 1. The number of rotatable bonds is 6. The third-order valence-electron chi connectivity index (χ3n) is 4.76. The molecule has 0 saturated heterocycles. The number of benzene rings is 1. The third kappa shape index (κ3) is 3.57. The van der Waals surface area contributed by atoms with Gasteiger partial charge in [0.2, 0.25) is 5.91 Å². The second-order valence-corrected chi connectivity index (χ2v) is 8.77. The first-order valence-corrected chi connectivity index (χ1v) is 9.76. The Bertz CT molecular complexity index is 974. The van der Waals surface area contributed by atoms with Gasteiger partial charge in [-0.1, -0.05) is 18.5 Å². The molecule has 2 N–H and O–H groups in total. The molecule has 0 radical (unpaired) electrons. The highest BCUT2D eigenvalue weighted by molar-refractivity contribution is 7.11. The molecule has 0 aliphatic heterocycles. The number of carbonyl (C=O) groups excluding carboxylic acids is 1. The van der Waals surface area contributed by atoms with E-state index < -0.39 is 0 Å². The summed E-state index contributed by atoms with van der Waals surface area (Å²) in [6, 6.07) is 5.79. The topological polar surface area (TPSA) is 67.0 Å². The van der Waals surface area contributed by atoms with E-state index in [0.717, 1.165) is 39.3 Å². The summed E-state index contributed by atoms with van der Waals surface area (Å²) in [5, 5.41) is 5.58. The van der Waals surface area contributed by atoms with Crippen molar-refractivity contribution < 1.29 is 9.53 Å². The lowest BCUT2D eigenvalue weighted by Gasteiger charge is -2.08. The molecule has 1 saturated carbocycles. The lowest BCUT2D eigenvalue weighted by Crippen LogP contribution is -2.29. The van der Waals surface area contributed by atoms with E-state index in [2.05, 4.69) is 15.3 Å². The Hall–Kier alpha value is -2.05. The van der Waals surface area contributed by atoms with Crippen molar-refractivity contribution in [2.24, 2.45) is 5.41 Å². The van der Waals surface area contributed by atoms with E-state index in [1.807, 2.05) is 38.2 Å². The summed E-state index contributed by atoms with van der Waals surface area (Å²) in [4.78, 5) is 20.7. The molecule has 2 heterocycles. The van der Waals surface area contributed by atoms with Crippen LogP contribution in [0, 0.1) is 12.3 Å². The highest BCUT2D eigenvalue weighted by Gasteiger charge is 2.44. The summed E-state index contributed by atoms with van der Waals surface area (Å²) >= 11 is 7.97. The van der Waals surface area contributed by atoms with Gasteiger partial charge in [-0.2, -0.15) is 0 Å². The average Bonchev–Trinajstić information content (AvgIpc) is 3.04. The van der Waals surface area contributed by atoms with Crippen molar-refractivity contribution >= 4 is 39.7 Å². The molecule has 0 bridgehead atoms. The molecule has 4 rings (SSSR count). The van der Waals surface area contributed by atoms with Gasteiger partial charge < -0.3 is 15.0 Å². The lowest BCUT2D eigenvalue weighted by molar-refractivity contribution is -0.125. The third-order valence-corrected chi connectivity index (χ3v) is 5.94. The Morgan fingerprint density at radius 2 is 2.23 bits per heavy atom. The van der Waals surface area contributed by atoms with Gasteiger partial charge >= 0.3 is 0 Å². The first-order valence-electron chi connectivity index (χ1n) is 8.56. The van der Waals surface area contributed by atoms with Gasteiger partial charge in [0.1, 0.15) is 12.4 Å². The molecule has 3 aromatic rings. The summed E-state index contributed by atoms with van der Waals surface area (Å²) in [5.74, 6) is 0.756. The number of carbonyl (C=O) groups is 1. The second kappa shape index (κ2) is 6.59. The molecule has 7 heteroatoms. The number of hydrogen-bond donors (Lipinski definition) is 2. The van der Waals surface area contributed by atoms with Crippen LogP contribution in [-0.2, 0) is 17.9 Å². The quantitative estimate of drug-likeness (QED) is 0.648. The predicted octanol–water partition coefficient (Wildman–Crippen LogP) is 4.58. The number of aromatic amines is 1. The monoisotopic (exact) mass is 389 g/mol. The minimum atomic E-state index is -0.161.